The molecule has 1 aromatic carbocycles. The molecular formula is C18H23NOS. The van der Waals surface area contributed by atoms with E-state index in [1.54, 1.807) is 0 Å². The van der Waals surface area contributed by atoms with Gasteiger partial charge in [-0.3, -0.25) is 0 Å². The molecule has 1 aliphatic rings. The number of hydrogen-bond acceptors (Lipinski definition) is 3. The lowest BCUT2D eigenvalue weighted by atomic mass is 10.0. The molecule has 0 amide bonds. The van der Waals surface area contributed by atoms with Crippen molar-refractivity contribution in [3.8, 4) is 5.75 Å². The highest BCUT2D eigenvalue weighted by atomic mass is 32.1. The van der Waals surface area contributed by atoms with Crippen molar-refractivity contribution >= 4 is 11.3 Å². The molecule has 0 spiro atoms. The third-order valence-corrected chi connectivity index (χ3v) is 4.83. The van der Waals surface area contributed by atoms with Crippen LogP contribution in [0.15, 0.2) is 36.4 Å². The van der Waals surface area contributed by atoms with E-state index < -0.39 is 0 Å². The van der Waals surface area contributed by atoms with E-state index in [0.29, 0.717) is 12.5 Å². The fraction of sp³-hybridized carbons (Fsp3) is 0.444. The molecule has 0 aliphatic heterocycles. The summed E-state index contributed by atoms with van der Waals surface area (Å²) in [6.45, 7) is 6.07. The number of para-hydroxylation sites is 1. The van der Waals surface area contributed by atoms with E-state index in [0.717, 1.165) is 18.3 Å². The van der Waals surface area contributed by atoms with Crippen molar-refractivity contribution in [3.63, 3.8) is 0 Å². The van der Waals surface area contributed by atoms with E-state index in [4.69, 9.17) is 4.74 Å². The lowest BCUT2D eigenvalue weighted by molar-refractivity contribution is 0.305. The lowest BCUT2D eigenvalue weighted by Crippen LogP contribution is -2.14. The summed E-state index contributed by atoms with van der Waals surface area (Å²) in [5.74, 6) is 1.50. The second-order valence-corrected chi connectivity index (χ2v) is 7.26. The Morgan fingerprint density at radius 1 is 1.14 bits per heavy atom. The van der Waals surface area contributed by atoms with Gasteiger partial charge in [0.15, 0.2) is 0 Å². The van der Waals surface area contributed by atoms with Crippen molar-refractivity contribution < 1.29 is 4.74 Å². The molecule has 1 aliphatic carbocycles. The van der Waals surface area contributed by atoms with E-state index in [-0.39, 0.29) is 0 Å². The van der Waals surface area contributed by atoms with E-state index in [9.17, 15) is 0 Å². The maximum atomic E-state index is 6.03. The smallest absolute Gasteiger partial charge is 0.123 e. The summed E-state index contributed by atoms with van der Waals surface area (Å²) >= 11 is 1.85. The Hall–Kier alpha value is -1.32. The molecule has 0 radical (unpaired) electrons. The van der Waals surface area contributed by atoms with Crippen LogP contribution in [0.3, 0.4) is 0 Å². The van der Waals surface area contributed by atoms with Crippen molar-refractivity contribution in [1.82, 2.24) is 5.32 Å². The highest BCUT2D eigenvalue weighted by Gasteiger charge is 2.20. The highest BCUT2D eigenvalue weighted by Crippen LogP contribution is 2.28. The Labute approximate surface area is 131 Å². The fourth-order valence-corrected chi connectivity index (χ4v) is 3.25. The quantitative estimate of drug-likeness (QED) is 0.800. The molecule has 112 valence electrons. The lowest BCUT2D eigenvalue weighted by Gasteiger charge is -2.13. The summed E-state index contributed by atoms with van der Waals surface area (Å²) in [5.41, 5.74) is 1.28. The second-order valence-electron chi connectivity index (χ2n) is 6.00. The van der Waals surface area contributed by atoms with Gasteiger partial charge in [0, 0.05) is 22.3 Å². The Morgan fingerprint density at radius 3 is 2.67 bits per heavy atom. The van der Waals surface area contributed by atoms with Crippen LogP contribution in [0.25, 0.3) is 0 Å². The van der Waals surface area contributed by atoms with Gasteiger partial charge >= 0.3 is 0 Å². The Morgan fingerprint density at radius 2 is 1.90 bits per heavy atom. The summed E-state index contributed by atoms with van der Waals surface area (Å²) in [6, 6.07) is 13.5. The van der Waals surface area contributed by atoms with E-state index in [1.807, 2.05) is 17.4 Å². The van der Waals surface area contributed by atoms with Crippen LogP contribution in [-0.4, -0.2) is 6.04 Å². The zero-order chi connectivity index (χ0) is 14.7. The first-order valence-corrected chi connectivity index (χ1v) is 8.56. The molecule has 0 bridgehead atoms. The van der Waals surface area contributed by atoms with E-state index >= 15 is 0 Å². The summed E-state index contributed by atoms with van der Waals surface area (Å²) in [7, 11) is 0. The standard InChI is InChI=1S/C18H23NOS/c1-13(2)17-5-3-4-6-18(17)20-12-16-10-9-15(21-16)11-19-14-7-8-14/h3-6,9-10,13-14,19H,7-8,11-12H2,1-2H3. The number of benzene rings is 1. The Balaban J connectivity index is 1.57. The maximum Gasteiger partial charge on any atom is 0.123 e. The molecule has 2 nitrogen and oxygen atoms in total. The van der Waals surface area contributed by atoms with Gasteiger partial charge in [0.25, 0.3) is 0 Å². The van der Waals surface area contributed by atoms with Gasteiger partial charge < -0.3 is 10.1 Å². The van der Waals surface area contributed by atoms with Gasteiger partial charge in [0.1, 0.15) is 12.4 Å². The fourth-order valence-electron chi connectivity index (χ4n) is 2.37. The molecule has 0 atom stereocenters. The van der Waals surface area contributed by atoms with Gasteiger partial charge in [-0.05, 0) is 42.5 Å². The van der Waals surface area contributed by atoms with Gasteiger partial charge in [-0.2, -0.15) is 0 Å². The van der Waals surface area contributed by atoms with Crippen LogP contribution in [0.5, 0.6) is 5.75 Å². The molecule has 2 aromatic rings. The molecule has 1 saturated carbocycles. The van der Waals surface area contributed by atoms with Gasteiger partial charge in [-0.25, -0.2) is 0 Å². The topological polar surface area (TPSA) is 21.3 Å². The number of ether oxygens (including phenoxy) is 1. The van der Waals surface area contributed by atoms with Crippen LogP contribution < -0.4 is 10.1 Å². The third-order valence-electron chi connectivity index (χ3n) is 3.77. The highest BCUT2D eigenvalue weighted by molar-refractivity contribution is 7.11. The Bertz CT molecular complexity index is 586. The van der Waals surface area contributed by atoms with Crippen molar-refractivity contribution in [2.24, 2.45) is 0 Å². The molecule has 1 fully saturated rings. The molecule has 1 aromatic heterocycles. The van der Waals surface area contributed by atoms with Gasteiger partial charge in [-0.1, -0.05) is 32.0 Å². The average molecular weight is 301 g/mol. The first-order chi connectivity index (χ1) is 10.2. The SMILES string of the molecule is CC(C)c1ccccc1OCc1ccc(CNC2CC2)s1. The van der Waals surface area contributed by atoms with E-state index in [1.165, 1.54) is 28.2 Å². The average Bonchev–Trinajstić information content (AvgIpc) is 3.21. The number of rotatable bonds is 7. The Kier molecular flexibility index (Phi) is 4.61. The number of thiophene rings is 1. The van der Waals surface area contributed by atoms with Crippen molar-refractivity contribution in [2.45, 2.75) is 51.8 Å². The molecule has 1 heterocycles. The van der Waals surface area contributed by atoms with Crippen LogP contribution in [0.1, 0.15) is 47.9 Å². The summed E-state index contributed by atoms with van der Waals surface area (Å²) in [5, 5.41) is 3.55. The summed E-state index contributed by atoms with van der Waals surface area (Å²) in [4.78, 5) is 2.69. The maximum absolute atomic E-state index is 6.03. The predicted molar refractivity (Wildman–Crippen MR) is 89.0 cm³/mol. The second kappa shape index (κ2) is 6.63. The third kappa shape index (κ3) is 4.08. The zero-order valence-electron chi connectivity index (χ0n) is 12.8. The van der Waals surface area contributed by atoms with Crippen molar-refractivity contribution in [3.05, 3.63) is 51.7 Å². The minimum atomic E-state index is 0.489. The number of nitrogens with one attached hydrogen (secondary N) is 1. The van der Waals surface area contributed by atoms with Crippen LogP contribution in [0, 0.1) is 0 Å². The molecule has 1 N–H and O–H groups in total. The largest absolute Gasteiger partial charge is 0.488 e. The molecule has 0 unspecified atom stereocenters. The summed E-state index contributed by atoms with van der Waals surface area (Å²) < 4.78 is 6.03. The van der Waals surface area contributed by atoms with Crippen LogP contribution >= 0.6 is 11.3 Å². The molecule has 3 heteroatoms. The number of hydrogen-bond donors (Lipinski definition) is 1. The normalized spacial score (nSPS) is 14.6. The van der Waals surface area contributed by atoms with Crippen LogP contribution in [0.4, 0.5) is 0 Å². The van der Waals surface area contributed by atoms with E-state index in [2.05, 4.69) is 49.5 Å². The monoisotopic (exact) mass is 301 g/mol. The molecule has 0 saturated heterocycles. The van der Waals surface area contributed by atoms with Gasteiger partial charge in [0.2, 0.25) is 0 Å². The minimum Gasteiger partial charge on any atom is -0.488 e. The van der Waals surface area contributed by atoms with Gasteiger partial charge in [-0.15, -0.1) is 11.3 Å². The predicted octanol–water partition coefficient (Wildman–Crippen LogP) is 4.70. The van der Waals surface area contributed by atoms with Crippen LogP contribution in [0.2, 0.25) is 0 Å². The summed E-state index contributed by atoms with van der Waals surface area (Å²) in [6.07, 6.45) is 2.68. The van der Waals surface area contributed by atoms with Gasteiger partial charge in [0.05, 0.1) is 0 Å². The minimum absolute atomic E-state index is 0.489. The first kappa shape index (κ1) is 14.6. The zero-order valence-corrected chi connectivity index (χ0v) is 13.6. The molecule has 21 heavy (non-hydrogen) atoms. The molecular weight excluding hydrogens is 278 g/mol. The van der Waals surface area contributed by atoms with Crippen molar-refractivity contribution in [1.29, 1.82) is 0 Å². The van der Waals surface area contributed by atoms with Crippen molar-refractivity contribution in [2.75, 3.05) is 0 Å². The van der Waals surface area contributed by atoms with Crippen LogP contribution in [-0.2, 0) is 13.2 Å². The first-order valence-electron chi connectivity index (χ1n) is 7.75. The molecule has 3 rings (SSSR count).